The molecule has 6 heteroatoms. The molecule has 0 aliphatic heterocycles. The molecule has 0 saturated heterocycles. The van der Waals surface area contributed by atoms with Crippen molar-refractivity contribution in [2.45, 2.75) is 38.3 Å². The average Bonchev–Trinajstić information content (AvgIpc) is 2.24. The number of halogens is 3. The summed E-state index contributed by atoms with van der Waals surface area (Å²) in [6.45, 7) is 2.63. The zero-order valence-corrected chi connectivity index (χ0v) is 10.5. The van der Waals surface area contributed by atoms with Crippen molar-refractivity contribution in [3.63, 3.8) is 0 Å². The Morgan fingerprint density at radius 1 is 1.32 bits per heavy atom. The van der Waals surface area contributed by atoms with Crippen LogP contribution in [-0.2, 0) is 4.74 Å². The maximum Gasteiger partial charge on any atom is 0.573 e. The van der Waals surface area contributed by atoms with Crippen molar-refractivity contribution < 1.29 is 22.6 Å². The van der Waals surface area contributed by atoms with Gasteiger partial charge < -0.3 is 14.8 Å². The van der Waals surface area contributed by atoms with Crippen molar-refractivity contribution in [3.05, 3.63) is 24.3 Å². The molecule has 0 amide bonds. The lowest BCUT2D eigenvalue weighted by molar-refractivity contribution is -0.274. The lowest BCUT2D eigenvalue weighted by Gasteiger charge is -2.36. The largest absolute Gasteiger partial charge is 0.573 e. The average molecular weight is 275 g/mol. The molecular weight excluding hydrogens is 259 g/mol. The molecule has 106 valence electrons. The van der Waals surface area contributed by atoms with Gasteiger partial charge in [0.2, 0.25) is 0 Å². The molecule has 0 unspecified atom stereocenters. The molecule has 1 saturated carbocycles. The summed E-state index contributed by atoms with van der Waals surface area (Å²) < 4.78 is 45.6. The van der Waals surface area contributed by atoms with Crippen LogP contribution in [0.1, 0.15) is 19.8 Å². The lowest BCUT2D eigenvalue weighted by atomic mass is 9.89. The highest BCUT2D eigenvalue weighted by molar-refractivity contribution is 5.49. The van der Waals surface area contributed by atoms with E-state index in [0.29, 0.717) is 12.3 Å². The Balaban J connectivity index is 1.86. The number of benzene rings is 1. The molecule has 1 aromatic rings. The van der Waals surface area contributed by atoms with Gasteiger partial charge in [-0.1, -0.05) is 6.07 Å². The minimum absolute atomic E-state index is 0.210. The number of alkyl halides is 3. The number of hydrogen-bond acceptors (Lipinski definition) is 3. The van der Waals surface area contributed by atoms with Crippen molar-refractivity contribution in [3.8, 4) is 5.75 Å². The van der Waals surface area contributed by atoms with Crippen LogP contribution >= 0.6 is 0 Å². The molecule has 1 aliphatic rings. The molecule has 0 atom stereocenters. The van der Waals surface area contributed by atoms with Crippen LogP contribution in [0.25, 0.3) is 0 Å². The van der Waals surface area contributed by atoms with Crippen LogP contribution in [0.5, 0.6) is 5.75 Å². The van der Waals surface area contributed by atoms with Gasteiger partial charge in [-0.2, -0.15) is 0 Å². The minimum Gasteiger partial charge on any atom is -0.406 e. The Morgan fingerprint density at radius 2 is 2.05 bits per heavy atom. The van der Waals surface area contributed by atoms with E-state index in [1.54, 1.807) is 6.07 Å². The molecule has 1 aliphatic carbocycles. The Labute approximate surface area is 109 Å². The van der Waals surface area contributed by atoms with Gasteiger partial charge in [-0.3, -0.25) is 0 Å². The first-order valence-corrected chi connectivity index (χ1v) is 6.20. The van der Waals surface area contributed by atoms with Crippen molar-refractivity contribution in [2.75, 3.05) is 11.9 Å². The third-order valence-corrected chi connectivity index (χ3v) is 2.94. The van der Waals surface area contributed by atoms with E-state index in [4.69, 9.17) is 4.74 Å². The Kier molecular flexibility index (Phi) is 4.19. The summed E-state index contributed by atoms with van der Waals surface area (Å²) in [5, 5.41) is 3.17. The van der Waals surface area contributed by atoms with Gasteiger partial charge in [0.15, 0.2) is 0 Å². The second-order valence-electron chi connectivity index (χ2n) is 4.47. The molecule has 0 spiro atoms. The van der Waals surface area contributed by atoms with Crippen molar-refractivity contribution in [1.29, 1.82) is 0 Å². The zero-order chi connectivity index (χ0) is 13.9. The molecular formula is C13H16F3NO2. The van der Waals surface area contributed by atoms with Crippen LogP contribution in [0, 0.1) is 0 Å². The van der Waals surface area contributed by atoms with E-state index in [2.05, 4.69) is 10.1 Å². The summed E-state index contributed by atoms with van der Waals surface area (Å²) in [6.07, 6.45) is -2.65. The van der Waals surface area contributed by atoms with E-state index in [0.717, 1.165) is 12.8 Å². The maximum absolute atomic E-state index is 12.1. The second-order valence-corrected chi connectivity index (χ2v) is 4.47. The fraction of sp³-hybridized carbons (Fsp3) is 0.538. The first-order chi connectivity index (χ1) is 8.96. The fourth-order valence-corrected chi connectivity index (χ4v) is 2.07. The minimum atomic E-state index is -4.66. The first kappa shape index (κ1) is 14.0. The van der Waals surface area contributed by atoms with Gasteiger partial charge in [0, 0.05) is 24.4 Å². The van der Waals surface area contributed by atoms with Crippen LogP contribution in [0.3, 0.4) is 0 Å². The highest BCUT2D eigenvalue weighted by Gasteiger charge is 2.32. The summed E-state index contributed by atoms with van der Waals surface area (Å²) in [4.78, 5) is 0. The van der Waals surface area contributed by atoms with Gasteiger partial charge in [0.05, 0.1) is 6.10 Å². The fourth-order valence-electron chi connectivity index (χ4n) is 2.07. The molecule has 0 bridgehead atoms. The Hall–Kier alpha value is -1.43. The van der Waals surface area contributed by atoms with Crippen LogP contribution in [0.4, 0.5) is 18.9 Å². The molecule has 1 fully saturated rings. The van der Waals surface area contributed by atoms with Crippen LogP contribution in [-0.4, -0.2) is 25.1 Å². The molecule has 2 rings (SSSR count). The normalized spacial score (nSPS) is 22.7. The first-order valence-electron chi connectivity index (χ1n) is 6.20. The highest BCUT2D eigenvalue weighted by Crippen LogP contribution is 2.29. The topological polar surface area (TPSA) is 30.5 Å². The third-order valence-electron chi connectivity index (χ3n) is 2.94. The highest BCUT2D eigenvalue weighted by atomic mass is 19.4. The molecule has 3 nitrogen and oxygen atoms in total. The third kappa shape index (κ3) is 4.31. The SMILES string of the molecule is CCOC1CC(Nc2cccc(OC(F)(F)F)c2)C1. The molecule has 0 aromatic heterocycles. The molecule has 1 aromatic carbocycles. The summed E-state index contributed by atoms with van der Waals surface area (Å²) >= 11 is 0. The van der Waals surface area contributed by atoms with Gasteiger partial charge in [-0.05, 0) is 31.9 Å². The van der Waals surface area contributed by atoms with E-state index < -0.39 is 6.36 Å². The second kappa shape index (κ2) is 5.69. The standard InChI is InChI=1S/C13H16F3NO2/c1-2-18-12-7-10(8-12)17-9-4-3-5-11(6-9)19-13(14,15)16/h3-6,10,12,17H,2,7-8H2,1H3. The van der Waals surface area contributed by atoms with Crippen LogP contribution in [0.2, 0.25) is 0 Å². The van der Waals surface area contributed by atoms with Crippen LogP contribution in [0.15, 0.2) is 24.3 Å². The summed E-state index contributed by atoms with van der Waals surface area (Å²) in [5.74, 6) is -0.210. The van der Waals surface area contributed by atoms with E-state index in [1.807, 2.05) is 6.92 Å². The summed E-state index contributed by atoms with van der Waals surface area (Å²) in [5.41, 5.74) is 0.627. The Bertz CT molecular complexity index is 417. The van der Waals surface area contributed by atoms with Crippen LogP contribution < -0.4 is 10.1 Å². The monoisotopic (exact) mass is 275 g/mol. The van der Waals surface area contributed by atoms with E-state index in [9.17, 15) is 13.2 Å². The van der Waals surface area contributed by atoms with Crippen molar-refractivity contribution in [1.82, 2.24) is 0 Å². The summed E-state index contributed by atoms with van der Waals surface area (Å²) in [6, 6.07) is 6.13. The summed E-state index contributed by atoms with van der Waals surface area (Å²) in [7, 11) is 0. The predicted molar refractivity (Wildman–Crippen MR) is 65.2 cm³/mol. The quantitative estimate of drug-likeness (QED) is 0.891. The van der Waals surface area contributed by atoms with Crippen molar-refractivity contribution in [2.24, 2.45) is 0 Å². The van der Waals surface area contributed by atoms with Gasteiger partial charge in [-0.15, -0.1) is 13.2 Å². The lowest BCUT2D eigenvalue weighted by Crippen LogP contribution is -2.40. The zero-order valence-electron chi connectivity index (χ0n) is 10.5. The number of anilines is 1. The van der Waals surface area contributed by atoms with E-state index in [-0.39, 0.29) is 17.9 Å². The van der Waals surface area contributed by atoms with Gasteiger partial charge in [0.25, 0.3) is 0 Å². The van der Waals surface area contributed by atoms with Gasteiger partial charge in [0.1, 0.15) is 5.75 Å². The van der Waals surface area contributed by atoms with E-state index in [1.165, 1.54) is 18.2 Å². The smallest absolute Gasteiger partial charge is 0.406 e. The molecule has 0 heterocycles. The number of rotatable bonds is 5. The van der Waals surface area contributed by atoms with Gasteiger partial charge in [-0.25, -0.2) is 0 Å². The van der Waals surface area contributed by atoms with Gasteiger partial charge >= 0.3 is 6.36 Å². The van der Waals surface area contributed by atoms with E-state index >= 15 is 0 Å². The van der Waals surface area contributed by atoms with Crippen molar-refractivity contribution >= 4 is 5.69 Å². The maximum atomic E-state index is 12.1. The number of ether oxygens (including phenoxy) is 2. The Morgan fingerprint density at radius 3 is 2.68 bits per heavy atom. The number of hydrogen-bond donors (Lipinski definition) is 1. The number of nitrogens with one attached hydrogen (secondary N) is 1. The molecule has 1 N–H and O–H groups in total. The molecule has 19 heavy (non-hydrogen) atoms. The molecule has 0 radical (unpaired) electrons. The predicted octanol–water partition coefficient (Wildman–Crippen LogP) is 3.56.